The Bertz CT molecular complexity index is 569. The number of halogens is 3. The Labute approximate surface area is 102 Å². The number of nitrogens with zero attached hydrogens (tertiary/aromatic N) is 1. The number of alkyl halides is 3. The zero-order valence-electron chi connectivity index (χ0n) is 10.3. The monoisotopic (exact) mass is 257 g/mol. The molecule has 0 spiro atoms. The van der Waals surface area contributed by atoms with Crippen LogP contribution in [0.3, 0.4) is 0 Å². The molecule has 18 heavy (non-hydrogen) atoms. The van der Waals surface area contributed by atoms with E-state index < -0.39 is 17.3 Å². The molecule has 6 heteroatoms. The minimum absolute atomic E-state index is 0.392. The van der Waals surface area contributed by atoms with Crippen LogP contribution in [0.4, 0.5) is 13.2 Å². The van der Waals surface area contributed by atoms with Gasteiger partial charge in [0.05, 0.1) is 22.1 Å². The molecule has 2 aromatic rings. The number of benzene rings is 1. The fourth-order valence-electron chi connectivity index (χ4n) is 1.60. The molecule has 1 aromatic heterocycles. The summed E-state index contributed by atoms with van der Waals surface area (Å²) >= 11 is 0. The third-order valence-electron chi connectivity index (χ3n) is 3.03. The minimum atomic E-state index is -4.34. The summed E-state index contributed by atoms with van der Waals surface area (Å²) in [5.74, 6) is 0.610. The van der Waals surface area contributed by atoms with Crippen LogP contribution in [0.5, 0.6) is 0 Å². The van der Waals surface area contributed by atoms with E-state index in [1.54, 1.807) is 7.05 Å². The first-order valence-corrected chi connectivity index (χ1v) is 5.50. The average molecular weight is 257 g/mol. The van der Waals surface area contributed by atoms with Crippen molar-refractivity contribution < 1.29 is 13.2 Å². The van der Waals surface area contributed by atoms with Gasteiger partial charge in [0, 0.05) is 0 Å². The predicted molar refractivity (Wildman–Crippen MR) is 63.2 cm³/mol. The highest BCUT2D eigenvalue weighted by Crippen LogP contribution is 2.31. The standard InChI is InChI=1S/C12H14F3N3/c1-11(2,16-3)10-17-8-5-4-7(12(13,14)15)6-9(8)18-10/h4-6,16H,1-3H3,(H,17,18). The number of rotatable bonds is 2. The molecule has 0 amide bonds. The largest absolute Gasteiger partial charge is 0.416 e. The molecule has 1 aromatic carbocycles. The van der Waals surface area contributed by atoms with Crippen LogP contribution in [0.25, 0.3) is 11.0 Å². The Hall–Kier alpha value is -1.56. The first kappa shape index (κ1) is 12.9. The van der Waals surface area contributed by atoms with E-state index in [4.69, 9.17) is 0 Å². The van der Waals surface area contributed by atoms with Crippen molar-refractivity contribution in [2.75, 3.05) is 7.05 Å². The lowest BCUT2D eigenvalue weighted by molar-refractivity contribution is -0.137. The molecule has 98 valence electrons. The number of H-pyrrole nitrogens is 1. The smallest absolute Gasteiger partial charge is 0.340 e. The minimum Gasteiger partial charge on any atom is -0.340 e. The fraction of sp³-hybridized carbons (Fsp3) is 0.417. The zero-order valence-corrected chi connectivity index (χ0v) is 10.3. The topological polar surface area (TPSA) is 40.7 Å². The van der Waals surface area contributed by atoms with Crippen LogP contribution in [0, 0.1) is 0 Å². The molecule has 0 aliphatic heterocycles. The summed E-state index contributed by atoms with van der Waals surface area (Å²) in [6.45, 7) is 3.80. The number of aromatic nitrogens is 2. The number of fused-ring (bicyclic) bond motifs is 1. The summed E-state index contributed by atoms with van der Waals surface area (Å²) in [6, 6.07) is 3.50. The molecule has 2 N–H and O–H groups in total. The Morgan fingerprint density at radius 3 is 2.44 bits per heavy atom. The Balaban J connectivity index is 2.53. The van der Waals surface area contributed by atoms with Gasteiger partial charge in [-0.25, -0.2) is 4.98 Å². The van der Waals surface area contributed by atoms with Crippen molar-refractivity contribution >= 4 is 11.0 Å². The molecule has 0 bridgehead atoms. The van der Waals surface area contributed by atoms with Crippen molar-refractivity contribution in [2.24, 2.45) is 0 Å². The van der Waals surface area contributed by atoms with Crippen LogP contribution in [0.15, 0.2) is 18.2 Å². The number of aromatic amines is 1. The highest BCUT2D eigenvalue weighted by atomic mass is 19.4. The third-order valence-corrected chi connectivity index (χ3v) is 3.03. The van der Waals surface area contributed by atoms with Gasteiger partial charge in [-0.15, -0.1) is 0 Å². The first-order chi connectivity index (χ1) is 8.24. The van der Waals surface area contributed by atoms with E-state index in [1.807, 2.05) is 13.8 Å². The highest BCUT2D eigenvalue weighted by Gasteiger charge is 2.31. The quantitative estimate of drug-likeness (QED) is 0.868. The number of imidazole rings is 1. The lowest BCUT2D eigenvalue weighted by Gasteiger charge is -2.20. The van der Waals surface area contributed by atoms with Crippen molar-refractivity contribution in [3.8, 4) is 0 Å². The molecule has 0 saturated heterocycles. The third kappa shape index (κ3) is 2.20. The summed E-state index contributed by atoms with van der Waals surface area (Å²) in [7, 11) is 1.77. The van der Waals surface area contributed by atoms with Gasteiger partial charge in [0.1, 0.15) is 5.82 Å². The molecule has 0 fully saturated rings. The van der Waals surface area contributed by atoms with E-state index >= 15 is 0 Å². The Morgan fingerprint density at radius 2 is 1.89 bits per heavy atom. The summed E-state index contributed by atoms with van der Waals surface area (Å²) in [5, 5.41) is 3.05. The van der Waals surface area contributed by atoms with E-state index in [-0.39, 0.29) is 0 Å². The second-order valence-electron chi connectivity index (χ2n) is 4.69. The molecular weight excluding hydrogens is 243 g/mol. The van der Waals surface area contributed by atoms with Gasteiger partial charge < -0.3 is 10.3 Å². The molecule has 3 nitrogen and oxygen atoms in total. The number of hydrogen-bond acceptors (Lipinski definition) is 2. The molecule has 0 atom stereocenters. The Kier molecular flexibility index (Phi) is 2.85. The molecule has 1 heterocycles. The van der Waals surface area contributed by atoms with Gasteiger partial charge in [-0.2, -0.15) is 13.2 Å². The second kappa shape index (κ2) is 3.98. The molecule has 0 aliphatic carbocycles. The summed E-state index contributed by atoms with van der Waals surface area (Å²) in [4.78, 5) is 7.22. The zero-order chi connectivity index (χ0) is 13.6. The van der Waals surface area contributed by atoms with E-state index in [2.05, 4.69) is 15.3 Å². The molecular formula is C12H14F3N3. The van der Waals surface area contributed by atoms with Gasteiger partial charge in [0.25, 0.3) is 0 Å². The molecule has 0 saturated carbocycles. The lowest BCUT2D eigenvalue weighted by Crippen LogP contribution is -2.34. The molecule has 0 unspecified atom stereocenters. The first-order valence-electron chi connectivity index (χ1n) is 5.50. The maximum Gasteiger partial charge on any atom is 0.416 e. The van der Waals surface area contributed by atoms with Crippen molar-refractivity contribution in [3.05, 3.63) is 29.6 Å². The van der Waals surface area contributed by atoms with E-state index in [0.717, 1.165) is 12.1 Å². The maximum atomic E-state index is 12.6. The van der Waals surface area contributed by atoms with E-state index in [0.29, 0.717) is 16.9 Å². The maximum absolute atomic E-state index is 12.6. The fourth-order valence-corrected chi connectivity index (χ4v) is 1.60. The van der Waals surface area contributed by atoms with Gasteiger partial charge in [-0.05, 0) is 39.1 Å². The van der Waals surface area contributed by atoms with Crippen LogP contribution in [-0.4, -0.2) is 17.0 Å². The van der Waals surface area contributed by atoms with Crippen LogP contribution in [-0.2, 0) is 11.7 Å². The lowest BCUT2D eigenvalue weighted by atomic mass is 10.1. The van der Waals surface area contributed by atoms with E-state index in [1.165, 1.54) is 6.07 Å². The second-order valence-corrected chi connectivity index (χ2v) is 4.69. The molecule has 2 rings (SSSR count). The van der Waals surface area contributed by atoms with Gasteiger partial charge in [-0.3, -0.25) is 0 Å². The molecule has 0 aliphatic rings. The van der Waals surface area contributed by atoms with Crippen LogP contribution in [0.2, 0.25) is 0 Å². The summed E-state index contributed by atoms with van der Waals surface area (Å²) in [6.07, 6.45) is -4.34. The van der Waals surface area contributed by atoms with Gasteiger partial charge in [0.15, 0.2) is 0 Å². The highest BCUT2D eigenvalue weighted by molar-refractivity contribution is 5.76. The van der Waals surface area contributed by atoms with Crippen LogP contribution < -0.4 is 5.32 Å². The average Bonchev–Trinajstić information content (AvgIpc) is 2.71. The molecule has 0 radical (unpaired) electrons. The number of hydrogen-bond donors (Lipinski definition) is 2. The SMILES string of the molecule is CNC(C)(C)c1nc2ccc(C(F)(F)F)cc2[nH]1. The van der Waals surface area contributed by atoms with E-state index in [9.17, 15) is 13.2 Å². The summed E-state index contributed by atoms with van der Waals surface area (Å²) in [5.41, 5.74) is -0.172. The number of nitrogens with one attached hydrogen (secondary N) is 2. The summed E-state index contributed by atoms with van der Waals surface area (Å²) < 4.78 is 37.7. The Morgan fingerprint density at radius 1 is 1.22 bits per heavy atom. The van der Waals surface area contributed by atoms with Crippen LogP contribution in [0.1, 0.15) is 25.2 Å². The van der Waals surface area contributed by atoms with Gasteiger partial charge in [-0.1, -0.05) is 0 Å². The van der Waals surface area contributed by atoms with Crippen molar-refractivity contribution in [1.82, 2.24) is 15.3 Å². The van der Waals surface area contributed by atoms with Crippen molar-refractivity contribution in [1.29, 1.82) is 0 Å². The normalized spacial score (nSPS) is 13.2. The van der Waals surface area contributed by atoms with Gasteiger partial charge in [0.2, 0.25) is 0 Å². The van der Waals surface area contributed by atoms with Gasteiger partial charge >= 0.3 is 6.18 Å². The predicted octanol–water partition coefficient (Wildman–Crippen LogP) is 3.04. The van der Waals surface area contributed by atoms with Crippen molar-refractivity contribution in [3.63, 3.8) is 0 Å². The van der Waals surface area contributed by atoms with Crippen LogP contribution >= 0.6 is 0 Å². The van der Waals surface area contributed by atoms with Crippen molar-refractivity contribution in [2.45, 2.75) is 25.6 Å².